The average Bonchev–Trinajstić information content (AvgIpc) is 3.21. The number of benzene rings is 3. The predicted molar refractivity (Wildman–Crippen MR) is 99.5 cm³/mol. The second kappa shape index (κ2) is 5.01. The maximum atomic E-state index is 12.8. The van der Waals surface area contributed by atoms with E-state index in [9.17, 15) is 9.59 Å². The molecule has 0 amide bonds. The van der Waals surface area contributed by atoms with E-state index in [0.29, 0.717) is 4.88 Å². The highest BCUT2D eigenvalue weighted by atomic mass is 32.1. The fourth-order valence-corrected chi connectivity index (χ4v) is 4.76. The Bertz CT molecular complexity index is 1220. The molecule has 0 saturated carbocycles. The number of thiophene rings is 1. The molecule has 0 N–H and O–H groups in total. The van der Waals surface area contributed by atoms with E-state index in [1.165, 1.54) is 18.4 Å². The Labute approximate surface area is 147 Å². The number of carbonyl (C=O) groups is 2. The molecule has 0 radical (unpaired) electrons. The SMILES string of the molecule is COC(=O)c1cc2ccc3ccc4c(c3c2s1)-c1ccccc1C4=O. The standard InChI is InChI=1S/C21H12O3S/c1-24-21(23)16-10-12-7-6-11-8-9-15-18(17(11)20(12)25-16)13-4-2-3-5-14(13)19(15)22/h2-10H,1H3. The summed E-state index contributed by atoms with van der Waals surface area (Å²) in [7, 11) is 1.39. The summed E-state index contributed by atoms with van der Waals surface area (Å²) in [4.78, 5) is 25.3. The zero-order chi connectivity index (χ0) is 17.1. The van der Waals surface area contributed by atoms with Crippen molar-refractivity contribution >= 4 is 43.9 Å². The van der Waals surface area contributed by atoms with Crippen LogP contribution in [0.15, 0.2) is 54.6 Å². The molecule has 3 aromatic carbocycles. The molecule has 1 aliphatic carbocycles. The molecule has 5 rings (SSSR count). The van der Waals surface area contributed by atoms with Crippen LogP contribution in [0, 0.1) is 0 Å². The third-order valence-corrected chi connectivity index (χ3v) is 5.89. The summed E-state index contributed by atoms with van der Waals surface area (Å²) in [6, 6.07) is 17.5. The number of esters is 1. The van der Waals surface area contributed by atoms with Crippen LogP contribution in [0.4, 0.5) is 0 Å². The number of carbonyl (C=O) groups excluding carboxylic acids is 2. The molecule has 0 bridgehead atoms. The van der Waals surface area contributed by atoms with Crippen LogP contribution in [-0.4, -0.2) is 18.9 Å². The molecule has 4 aromatic rings. The van der Waals surface area contributed by atoms with Crippen molar-refractivity contribution in [3.05, 3.63) is 70.6 Å². The smallest absolute Gasteiger partial charge is 0.348 e. The van der Waals surface area contributed by atoms with Gasteiger partial charge in [0.25, 0.3) is 0 Å². The summed E-state index contributed by atoms with van der Waals surface area (Å²) in [5, 5.41) is 3.09. The molecule has 0 atom stereocenters. The lowest BCUT2D eigenvalue weighted by Gasteiger charge is -2.07. The highest BCUT2D eigenvalue weighted by Crippen LogP contribution is 2.45. The lowest BCUT2D eigenvalue weighted by molar-refractivity contribution is 0.0606. The summed E-state index contributed by atoms with van der Waals surface area (Å²) >= 11 is 1.42. The molecule has 25 heavy (non-hydrogen) atoms. The van der Waals surface area contributed by atoms with Gasteiger partial charge >= 0.3 is 5.97 Å². The number of ether oxygens (including phenoxy) is 1. The van der Waals surface area contributed by atoms with E-state index in [-0.39, 0.29) is 11.8 Å². The minimum atomic E-state index is -0.335. The Morgan fingerprint density at radius 1 is 0.920 bits per heavy atom. The largest absolute Gasteiger partial charge is 0.465 e. The summed E-state index contributed by atoms with van der Waals surface area (Å²) in [5.41, 5.74) is 3.41. The molecule has 1 aliphatic rings. The zero-order valence-corrected chi connectivity index (χ0v) is 14.1. The third-order valence-electron chi connectivity index (χ3n) is 4.74. The number of methoxy groups -OCH3 is 1. The Kier molecular flexibility index (Phi) is 2.88. The van der Waals surface area contributed by atoms with E-state index in [4.69, 9.17) is 4.74 Å². The monoisotopic (exact) mass is 344 g/mol. The summed E-state index contributed by atoms with van der Waals surface area (Å²) in [6.07, 6.45) is 0. The van der Waals surface area contributed by atoms with Gasteiger partial charge in [-0.05, 0) is 28.5 Å². The first-order valence-electron chi connectivity index (χ1n) is 7.90. The molecule has 0 saturated heterocycles. The first-order chi connectivity index (χ1) is 12.2. The third kappa shape index (κ3) is 1.86. The first kappa shape index (κ1) is 14.4. The fourth-order valence-electron chi connectivity index (χ4n) is 3.62. The van der Waals surface area contributed by atoms with E-state index in [1.807, 2.05) is 54.6 Å². The molecule has 1 aromatic heterocycles. The Balaban J connectivity index is 1.95. The van der Waals surface area contributed by atoms with E-state index in [2.05, 4.69) is 0 Å². The zero-order valence-electron chi connectivity index (χ0n) is 13.3. The van der Waals surface area contributed by atoms with Crippen molar-refractivity contribution in [1.29, 1.82) is 0 Å². The van der Waals surface area contributed by atoms with E-state index >= 15 is 0 Å². The summed E-state index contributed by atoms with van der Waals surface area (Å²) in [5.74, 6) is -0.271. The second-order valence-corrected chi connectivity index (χ2v) is 7.10. The van der Waals surface area contributed by atoms with Crippen LogP contribution in [0.3, 0.4) is 0 Å². The molecule has 120 valence electrons. The van der Waals surface area contributed by atoms with Crippen molar-refractivity contribution in [3.63, 3.8) is 0 Å². The van der Waals surface area contributed by atoms with Crippen molar-refractivity contribution in [2.45, 2.75) is 0 Å². The van der Waals surface area contributed by atoms with Crippen LogP contribution in [-0.2, 0) is 4.74 Å². The van der Waals surface area contributed by atoms with Crippen LogP contribution >= 0.6 is 11.3 Å². The molecular formula is C21H12O3S. The average molecular weight is 344 g/mol. The van der Waals surface area contributed by atoms with Crippen LogP contribution in [0.2, 0.25) is 0 Å². The van der Waals surface area contributed by atoms with Crippen molar-refractivity contribution in [1.82, 2.24) is 0 Å². The highest BCUT2D eigenvalue weighted by molar-refractivity contribution is 7.21. The lowest BCUT2D eigenvalue weighted by atomic mass is 9.97. The van der Waals surface area contributed by atoms with Gasteiger partial charge in [-0.1, -0.05) is 42.5 Å². The molecule has 4 heteroatoms. The molecule has 0 aliphatic heterocycles. The highest BCUT2D eigenvalue weighted by Gasteiger charge is 2.29. The van der Waals surface area contributed by atoms with Crippen LogP contribution < -0.4 is 0 Å². The van der Waals surface area contributed by atoms with Gasteiger partial charge in [-0.3, -0.25) is 4.79 Å². The van der Waals surface area contributed by atoms with Gasteiger partial charge in [-0.25, -0.2) is 4.79 Å². The van der Waals surface area contributed by atoms with E-state index in [0.717, 1.165) is 43.1 Å². The molecule has 3 nitrogen and oxygen atoms in total. The Morgan fingerprint density at radius 2 is 1.64 bits per heavy atom. The number of fused-ring (bicyclic) bond motifs is 7. The number of hydrogen-bond donors (Lipinski definition) is 0. The molecular weight excluding hydrogens is 332 g/mol. The molecule has 1 heterocycles. The molecule has 0 unspecified atom stereocenters. The second-order valence-electron chi connectivity index (χ2n) is 6.05. The fraction of sp³-hybridized carbons (Fsp3) is 0.0476. The Morgan fingerprint density at radius 3 is 2.44 bits per heavy atom. The van der Waals surface area contributed by atoms with Gasteiger partial charge < -0.3 is 4.74 Å². The van der Waals surface area contributed by atoms with Gasteiger partial charge in [-0.2, -0.15) is 0 Å². The van der Waals surface area contributed by atoms with Gasteiger partial charge in [-0.15, -0.1) is 11.3 Å². The normalized spacial score (nSPS) is 12.4. The molecule has 0 spiro atoms. The number of rotatable bonds is 1. The summed E-state index contributed by atoms with van der Waals surface area (Å²) in [6.45, 7) is 0. The van der Waals surface area contributed by atoms with Gasteiger partial charge in [0.15, 0.2) is 5.78 Å². The van der Waals surface area contributed by atoms with E-state index in [1.54, 1.807) is 0 Å². The number of hydrogen-bond acceptors (Lipinski definition) is 4. The van der Waals surface area contributed by atoms with Gasteiger partial charge in [0.1, 0.15) is 4.88 Å². The van der Waals surface area contributed by atoms with Gasteiger partial charge in [0.05, 0.1) is 7.11 Å². The van der Waals surface area contributed by atoms with Crippen molar-refractivity contribution in [3.8, 4) is 11.1 Å². The topological polar surface area (TPSA) is 43.4 Å². The van der Waals surface area contributed by atoms with Crippen LogP contribution in [0.1, 0.15) is 25.6 Å². The van der Waals surface area contributed by atoms with Gasteiger partial charge in [0, 0.05) is 26.8 Å². The summed E-state index contributed by atoms with van der Waals surface area (Å²) < 4.78 is 5.87. The van der Waals surface area contributed by atoms with Crippen LogP contribution in [0.25, 0.3) is 32.0 Å². The maximum Gasteiger partial charge on any atom is 0.348 e. The van der Waals surface area contributed by atoms with Gasteiger partial charge in [0.2, 0.25) is 0 Å². The van der Waals surface area contributed by atoms with Crippen molar-refractivity contribution < 1.29 is 14.3 Å². The van der Waals surface area contributed by atoms with Crippen molar-refractivity contribution in [2.75, 3.05) is 7.11 Å². The minimum absolute atomic E-state index is 0.0641. The Hall–Kier alpha value is -2.98. The van der Waals surface area contributed by atoms with E-state index < -0.39 is 0 Å². The predicted octanol–water partition coefficient (Wildman–Crippen LogP) is 5.05. The molecule has 0 fully saturated rings. The van der Waals surface area contributed by atoms with Crippen molar-refractivity contribution in [2.24, 2.45) is 0 Å². The number of ketones is 1. The lowest BCUT2D eigenvalue weighted by Crippen LogP contribution is -1.96. The first-order valence-corrected chi connectivity index (χ1v) is 8.72. The maximum absolute atomic E-state index is 12.8. The quantitative estimate of drug-likeness (QED) is 0.400. The minimum Gasteiger partial charge on any atom is -0.465 e. The van der Waals surface area contributed by atoms with Crippen LogP contribution in [0.5, 0.6) is 0 Å².